The zero-order valence-corrected chi connectivity index (χ0v) is 22.8. The van der Waals surface area contributed by atoms with Crippen LogP contribution in [0.15, 0.2) is 53.2 Å². The number of aliphatic imine (C=N–C) groups is 1. The van der Waals surface area contributed by atoms with E-state index in [0.29, 0.717) is 37.6 Å². The van der Waals surface area contributed by atoms with Gasteiger partial charge in [0.15, 0.2) is 0 Å². The van der Waals surface area contributed by atoms with Crippen molar-refractivity contribution in [1.29, 1.82) is 0 Å². The third-order valence-electron chi connectivity index (χ3n) is 5.78. The number of nitrogens with zero attached hydrogens (tertiary/aromatic N) is 2. The topological polar surface area (TPSA) is 46.1 Å². The number of hydrogen-bond acceptors (Lipinski definition) is 5. The lowest BCUT2D eigenvalue weighted by atomic mass is 10.0. The molecule has 1 N–H and O–H groups in total. The fraction of sp³-hybridized carbons (Fsp3) is 0.500. The van der Waals surface area contributed by atoms with Crippen molar-refractivity contribution < 1.29 is 13.9 Å². The van der Waals surface area contributed by atoms with E-state index in [2.05, 4.69) is 48.4 Å². The maximum atomic E-state index is 15.0. The lowest BCUT2D eigenvalue weighted by molar-refractivity contribution is 0.146. The molecule has 0 aliphatic rings. The molecule has 0 saturated heterocycles. The summed E-state index contributed by atoms with van der Waals surface area (Å²) < 4.78 is 26.2. The van der Waals surface area contributed by atoms with Crippen LogP contribution in [-0.2, 0) is 29.0 Å². The first-order valence-electron chi connectivity index (χ1n) is 13.2. The second kappa shape index (κ2) is 16.9. The van der Waals surface area contributed by atoms with Crippen LogP contribution in [0.1, 0.15) is 55.9 Å². The van der Waals surface area contributed by atoms with Crippen LogP contribution in [0.4, 0.5) is 10.1 Å². The molecule has 0 atom stereocenters. The predicted molar refractivity (Wildman–Crippen MR) is 150 cm³/mol. The van der Waals surface area contributed by atoms with Gasteiger partial charge in [-0.1, -0.05) is 56.7 Å². The number of aryl methyl sites for hydroxylation is 2. The van der Waals surface area contributed by atoms with E-state index >= 15 is 4.39 Å². The SMILES string of the molecule is CC/C=C(\C=N/Cc1cccc(CN(C)c2c(CCC)ccc(C)c2F)c1)OCCNCCOCC. The number of halogens is 1. The lowest BCUT2D eigenvalue weighted by Gasteiger charge is -2.24. The molecular weight excluding hydrogens is 453 g/mol. The Balaban J connectivity index is 1.95. The van der Waals surface area contributed by atoms with Gasteiger partial charge in [0.25, 0.3) is 0 Å². The van der Waals surface area contributed by atoms with Gasteiger partial charge in [-0.05, 0) is 55.0 Å². The highest BCUT2D eigenvalue weighted by atomic mass is 19.1. The average molecular weight is 498 g/mol. The Kier molecular flexibility index (Phi) is 13.8. The molecule has 0 aliphatic carbocycles. The largest absolute Gasteiger partial charge is 0.491 e. The fourth-order valence-corrected chi connectivity index (χ4v) is 4.01. The van der Waals surface area contributed by atoms with Gasteiger partial charge in [0, 0.05) is 33.3 Å². The van der Waals surface area contributed by atoms with E-state index in [0.717, 1.165) is 61.4 Å². The molecule has 198 valence electrons. The molecule has 0 unspecified atom stereocenters. The van der Waals surface area contributed by atoms with Gasteiger partial charge in [-0.15, -0.1) is 0 Å². The number of nitrogens with one attached hydrogen (secondary N) is 1. The van der Waals surface area contributed by atoms with Crippen LogP contribution in [0.3, 0.4) is 0 Å². The Bertz CT molecular complexity index is 975. The maximum Gasteiger partial charge on any atom is 0.149 e. The number of ether oxygens (including phenoxy) is 2. The highest BCUT2D eigenvalue weighted by Gasteiger charge is 2.15. The normalized spacial score (nSPS) is 11.9. The number of rotatable bonds is 17. The Labute approximate surface area is 217 Å². The Morgan fingerprint density at radius 2 is 1.86 bits per heavy atom. The first-order chi connectivity index (χ1) is 17.5. The zero-order chi connectivity index (χ0) is 26.2. The first kappa shape index (κ1) is 29.5. The highest BCUT2D eigenvalue weighted by Crippen LogP contribution is 2.28. The monoisotopic (exact) mass is 497 g/mol. The summed E-state index contributed by atoms with van der Waals surface area (Å²) in [5, 5.41) is 3.30. The number of allylic oxidation sites excluding steroid dienone is 2. The van der Waals surface area contributed by atoms with Gasteiger partial charge in [-0.3, -0.25) is 4.99 Å². The molecule has 2 aromatic carbocycles. The first-order valence-corrected chi connectivity index (χ1v) is 13.2. The quantitative estimate of drug-likeness (QED) is 0.160. The molecule has 0 aromatic heterocycles. The minimum Gasteiger partial charge on any atom is -0.491 e. The molecule has 0 radical (unpaired) electrons. The van der Waals surface area contributed by atoms with E-state index in [1.54, 1.807) is 0 Å². The van der Waals surface area contributed by atoms with E-state index < -0.39 is 0 Å². The summed E-state index contributed by atoms with van der Waals surface area (Å²) >= 11 is 0. The standard InChI is InChI=1S/C30H44FN3O2/c1-6-10-27-15-14-24(4)29(31)30(27)34(5)23-26-13-9-12-25(20-26)21-33-22-28(11-7-2)36-19-17-32-16-18-35-8-3/h9,11-15,20,22,32H,6-8,10,16-19,21,23H2,1-5H3/b28-11+,33-22-. The van der Waals surface area contributed by atoms with Gasteiger partial charge < -0.3 is 19.7 Å². The van der Waals surface area contributed by atoms with Crippen LogP contribution >= 0.6 is 0 Å². The van der Waals surface area contributed by atoms with Crippen molar-refractivity contribution in [1.82, 2.24) is 5.32 Å². The minimum atomic E-state index is -0.121. The number of anilines is 1. The number of hydrogen-bond donors (Lipinski definition) is 1. The van der Waals surface area contributed by atoms with Crippen molar-refractivity contribution in [2.24, 2.45) is 4.99 Å². The van der Waals surface area contributed by atoms with Gasteiger partial charge in [0.05, 0.1) is 25.1 Å². The van der Waals surface area contributed by atoms with E-state index in [9.17, 15) is 0 Å². The Morgan fingerprint density at radius 3 is 2.61 bits per heavy atom. The summed E-state index contributed by atoms with van der Waals surface area (Å²) in [5.74, 6) is 0.669. The molecule has 0 aliphatic heterocycles. The molecule has 0 amide bonds. The second-order valence-corrected chi connectivity index (χ2v) is 8.91. The molecule has 0 heterocycles. The second-order valence-electron chi connectivity index (χ2n) is 8.91. The minimum absolute atomic E-state index is 0.121. The van der Waals surface area contributed by atoms with Crippen LogP contribution in [0.2, 0.25) is 0 Å². The molecule has 36 heavy (non-hydrogen) atoms. The van der Waals surface area contributed by atoms with Crippen LogP contribution < -0.4 is 10.2 Å². The maximum absolute atomic E-state index is 15.0. The van der Waals surface area contributed by atoms with Crippen molar-refractivity contribution >= 4 is 11.9 Å². The molecule has 6 heteroatoms. The van der Waals surface area contributed by atoms with Crippen LogP contribution in [0.5, 0.6) is 0 Å². The summed E-state index contributed by atoms with van der Waals surface area (Å²) in [6.07, 6.45) is 6.58. The van der Waals surface area contributed by atoms with Crippen molar-refractivity contribution in [2.45, 2.75) is 60.0 Å². The van der Waals surface area contributed by atoms with Crippen molar-refractivity contribution in [3.8, 4) is 0 Å². The van der Waals surface area contributed by atoms with Crippen LogP contribution in [0, 0.1) is 12.7 Å². The summed E-state index contributed by atoms with van der Waals surface area (Å²) in [6, 6.07) is 12.3. The number of benzene rings is 2. The average Bonchev–Trinajstić information content (AvgIpc) is 2.86. The van der Waals surface area contributed by atoms with Crippen molar-refractivity contribution in [3.05, 3.63) is 76.3 Å². The fourth-order valence-electron chi connectivity index (χ4n) is 4.01. The summed E-state index contributed by atoms with van der Waals surface area (Å²) in [6.45, 7) is 12.8. The zero-order valence-electron chi connectivity index (χ0n) is 22.8. The molecule has 0 fully saturated rings. The van der Waals surface area contributed by atoms with E-state index in [1.807, 2.05) is 50.2 Å². The third kappa shape index (κ3) is 10.1. The van der Waals surface area contributed by atoms with Gasteiger partial charge in [0.2, 0.25) is 0 Å². The van der Waals surface area contributed by atoms with Crippen molar-refractivity contribution in [2.75, 3.05) is 44.9 Å². The Morgan fingerprint density at radius 1 is 1.08 bits per heavy atom. The summed E-state index contributed by atoms with van der Waals surface area (Å²) in [5.41, 5.74) is 4.69. The van der Waals surface area contributed by atoms with Crippen molar-refractivity contribution in [3.63, 3.8) is 0 Å². The summed E-state index contributed by atoms with van der Waals surface area (Å²) in [4.78, 5) is 6.63. The molecule has 0 bridgehead atoms. The van der Waals surface area contributed by atoms with Gasteiger partial charge in [-0.2, -0.15) is 0 Å². The molecular formula is C30H44FN3O2. The third-order valence-corrected chi connectivity index (χ3v) is 5.78. The molecule has 2 rings (SSSR count). The van der Waals surface area contributed by atoms with E-state index in [1.165, 1.54) is 0 Å². The molecule has 0 saturated carbocycles. The van der Waals surface area contributed by atoms with Crippen LogP contribution in [-0.4, -0.2) is 46.2 Å². The van der Waals surface area contributed by atoms with Crippen LogP contribution in [0.25, 0.3) is 0 Å². The lowest BCUT2D eigenvalue weighted by Crippen LogP contribution is -2.24. The summed E-state index contributed by atoms with van der Waals surface area (Å²) in [7, 11) is 1.96. The smallest absolute Gasteiger partial charge is 0.149 e. The Hall–Kier alpha value is -2.70. The van der Waals surface area contributed by atoms with Gasteiger partial charge >= 0.3 is 0 Å². The molecule has 5 nitrogen and oxygen atoms in total. The molecule has 0 spiro atoms. The van der Waals surface area contributed by atoms with Gasteiger partial charge in [0.1, 0.15) is 18.2 Å². The molecule has 2 aromatic rings. The van der Waals surface area contributed by atoms with E-state index in [-0.39, 0.29) is 5.82 Å². The highest BCUT2D eigenvalue weighted by molar-refractivity contribution is 5.75. The predicted octanol–water partition coefficient (Wildman–Crippen LogP) is 6.23. The van der Waals surface area contributed by atoms with E-state index in [4.69, 9.17) is 9.47 Å². The van der Waals surface area contributed by atoms with Gasteiger partial charge in [-0.25, -0.2) is 4.39 Å².